The van der Waals surface area contributed by atoms with Crippen LogP contribution in [0.4, 0.5) is 0 Å². The van der Waals surface area contributed by atoms with Crippen LogP contribution in [-0.4, -0.2) is 11.2 Å². The van der Waals surface area contributed by atoms with Crippen LogP contribution in [-0.2, 0) is 0 Å². The van der Waals surface area contributed by atoms with Crippen molar-refractivity contribution >= 4 is 28.4 Å². The molecule has 0 aliphatic carbocycles. The highest BCUT2D eigenvalue weighted by molar-refractivity contribution is 6.69. The molecule has 0 N–H and O–H groups in total. The molecule has 0 heterocycles. The maximum Gasteiger partial charge on any atom is 0.132 e. The molecule has 0 fully saturated rings. The van der Waals surface area contributed by atoms with Gasteiger partial charge in [0.15, 0.2) is 0 Å². The molecular formula is C8H7Cl2N. The minimum absolute atomic E-state index is 0.202. The number of rotatable bonds is 2. The van der Waals surface area contributed by atoms with Gasteiger partial charge in [-0.3, -0.25) is 4.99 Å². The van der Waals surface area contributed by atoms with Crippen LogP contribution in [0.3, 0.4) is 0 Å². The van der Waals surface area contributed by atoms with Crippen LogP contribution in [0, 0.1) is 0 Å². The molecular weight excluding hydrogens is 181 g/mol. The highest BCUT2D eigenvalue weighted by atomic mass is 35.5. The second kappa shape index (κ2) is 4.37. The molecule has 1 nitrogen and oxygen atoms in total. The standard InChI is InChI=1S/C8H7Cl2N/c9-6-11-8(10)7-4-2-1-3-5-7/h1-5H,6H2. The molecule has 0 aromatic heterocycles. The van der Waals surface area contributed by atoms with Crippen molar-refractivity contribution in [2.45, 2.75) is 0 Å². The molecule has 3 heteroatoms. The minimum atomic E-state index is 0.202. The summed E-state index contributed by atoms with van der Waals surface area (Å²) < 4.78 is 0. The van der Waals surface area contributed by atoms with Gasteiger partial charge in [-0.15, -0.1) is 11.6 Å². The smallest absolute Gasteiger partial charge is 0.132 e. The van der Waals surface area contributed by atoms with Gasteiger partial charge in [0.1, 0.15) is 11.2 Å². The summed E-state index contributed by atoms with van der Waals surface area (Å²) in [5.74, 6) is 0. The molecule has 0 radical (unpaired) electrons. The van der Waals surface area contributed by atoms with Crippen molar-refractivity contribution in [3.63, 3.8) is 0 Å². The number of alkyl halides is 1. The third kappa shape index (κ3) is 2.52. The van der Waals surface area contributed by atoms with Crippen LogP contribution in [0.2, 0.25) is 0 Å². The summed E-state index contributed by atoms with van der Waals surface area (Å²) in [5.41, 5.74) is 0.898. The van der Waals surface area contributed by atoms with Crippen LogP contribution in [0.25, 0.3) is 0 Å². The second-order valence-electron chi connectivity index (χ2n) is 1.93. The zero-order valence-electron chi connectivity index (χ0n) is 5.80. The predicted octanol–water partition coefficient (Wildman–Crippen LogP) is 2.87. The lowest BCUT2D eigenvalue weighted by atomic mass is 10.2. The van der Waals surface area contributed by atoms with Crippen LogP contribution in [0.15, 0.2) is 35.3 Å². The first kappa shape index (κ1) is 8.57. The van der Waals surface area contributed by atoms with Crippen molar-refractivity contribution in [1.29, 1.82) is 0 Å². The first-order valence-electron chi connectivity index (χ1n) is 3.16. The van der Waals surface area contributed by atoms with E-state index in [1.807, 2.05) is 30.3 Å². The average Bonchev–Trinajstić information content (AvgIpc) is 2.07. The molecule has 0 spiro atoms. The molecule has 1 aromatic carbocycles. The van der Waals surface area contributed by atoms with E-state index in [1.165, 1.54) is 0 Å². The summed E-state index contributed by atoms with van der Waals surface area (Å²) in [7, 11) is 0. The fraction of sp³-hybridized carbons (Fsp3) is 0.125. The first-order chi connectivity index (χ1) is 5.34. The van der Waals surface area contributed by atoms with E-state index in [0.29, 0.717) is 5.17 Å². The Hall–Kier alpha value is -0.530. The minimum Gasteiger partial charge on any atom is -0.256 e. The predicted molar refractivity (Wildman–Crippen MR) is 49.6 cm³/mol. The van der Waals surface area contributed by atoms with E-state index in [2.05, 4.69) is 4.99 Å². The van der Waals surface area contributed by atoms with E-state index in [0.717, 1.165) is 5.56 Å². The number of nitrogens with zero attached hydrogens (tertiary/aromatic N) is 1. The first-order valence-corrected chi connectivity index (χ1v) is 4.07. The van der Waals surface area contributed by atoms with Gasteiger partial charge in [0.05, 0.1) is 0 Å². The van der Waals surface area contributed by atoms with Gasteiger partial charge in [-0.1, -0.05) is 41.9 Å². The Morgan fingerprint density at radius 1 is 1.27 bits per heavy atom. The van der Waals surface area contributed by atoms with Gasteiger partial charge in [0.25, 0.3) is 0 Å². The summed E-state index contributed by atoms with van der Waals surface area (Å²) in [6.07, 6.45) is 0. The molecule has 0 saturated carbocycles. The third-order valence-electron chi connectivity index (χ3n) is 1.21. The fourth-order valence-corrected chi connectivity index (χ4v) is 1.09. The SMILES string of the molecule is ClCN=C(Cl)c1ccccc1. The van der Waals surface area contributed by atoms with Crippen molar-refractivity contribution < 1.29 is 0 Å². The molecule has 0 atom stereocenters. The number of benzene rings is 1. The van der Waals surface area contributed by atoms with E-state index in [1.54, 1.807) is 0 Å². The summed E-state index contributed by atoms with van der Waals surface area (Å²) in [4.78, 5) is 3.84. The van der Waals surface area contributed by atoms with Gasteiger partial charge in [-0.2, -0.15) is 0 Å². The van der Waals surface area contributed by atoms with Gasteiger partial charge >= 0.3 is 0 Å². The van der Waals surface area contributed by atoms with E-state index >= 15 is 0 Å². The molecule has 1 rings (SSSR count). The number of hydrogen-bond donors (Lipinski definition) is 0. The second-order valence-corrected chi connectivity index (χ2v) is 2.53. The van der Waals surface area contributed by atoms with Crippen LogP contribution < -0.4 is 0 Å². The third-order valence-corrected chi connectivity index (χ3v) is 1.67. The molecule has 58 valence electrons. The quantitative estimate of drug-likeness (QED) is 0.384. The van der Waals surface area contributed by atoms with Crippen molar-refractivity contribution in [3.05, 3.63) is 35.9 Å². The Bertz CT molecular complexity index is 244. The van der Waals surface area contributed by atoms with Crippen LogP contribution in [0.1, 0.15) is 5.56 Å². The van der Waals surface area contributed by atoms with Crippen molar-refractivity contribution in [1.82, 2.24) is 0 Å². The lowest BCUT2D eigenvalue weighted by Crippen LogP contribution is -1.89. The van der Waals surface area contributed by atoms with Gasteiger partial charge in [-0.25, -0.2) is 0 Å². The van der Waals surface area contributed by atoms with Crippen molar-refractivity contribution in [2.24, 2.45) is 4.99 Å². The van der Waals surface area contributed by atoms with Gasteiger partial charge < -0.3 is 0 Å². The summed E-state index contributed by atoms with van der Waals surface area (Å²) in [6.45, 7) is 0. The van der Waals surface area contributed by atoms with Gasteiger partial charge in [-0.05, 0) is 0 Å². The average molecular weight is 188 g/mol. The van der Waals surface area contributed by atoms with Gasteiger partial charge in [0, 0.05) is 5.56 Å². The Morgan fingerprint density at radius 2 is 1.91 bits per heavy atom. The number of halogens is 2. The van der Waals surface area contributed by atoms with Crippen LogP contribution in [0.5, 0.6) is 0 Å². The monoisotopic (exact) mass is 187 g/mol. The molecule has 0 saturated heterocycles. The Labute approximate surface area is 75.7 Å². The Morgan fingerprint density at radius 3 is 2.45 bits per heavy atom. The normalized spacial score (nSPS) is 11.6. The zero-order chi connectivity index (χ0) is 8.10. The maximum absolute atomic E-state index is 5.77. The topological polar surface area (TPSA) is 12.4 Å². The molecule has 0 aliphatic rings. The van der Waals surface area contributed by atoms with Gasteiger partial charge in [0.2, 0.25) is 0 Å². The lowest BCUT2D eigenvalue weighted by molar-refractivity contribution is 1.37. The van der Waals surface area contributed by atoms with Crippen molar-refractivity contribution in [2.75, 3.05) is 6.00 Å². The van der Waals surface area contributed by atoms with Crippen molar-refractivity contribution in [3.8, 4) is 0 Å². The molecule has 0 aliphatic heterocycles. The molecule has 0 bridgehead atoms. The summed E-state index contributed by atoms with van der Waals surface area (Å²) in [6, 6.07) is 9.71. The Kier molecular flexibility index (Phi) is 3.40. The highest BCUT2D eigenvalue weighted by Gasteiger charge is 1.95. The van der Waals surface area contributed by atoms with Crippen LogP contribution >= 0.6 is 23.2 Å². The number of aliphatic imine (C=N–C) groups is 1. The number of hydrogen-bond acceptors (Lipinski definition) is 1. The largest absolute Gasteiger partial charge is 0.256 e. The van der Waals surface area contributed by atoms with E-state index < -0.39 is 0 Å². The Balaban J connectivity index is 2.85. The maximum atomic E-state index is 5.77. The molecule has 1 aromatic rings. The lowest BCUT2D eigenvalue weighted by Gasteiger charge is -1.94. The van der Waals surface area contributed by atoms with E-state index in [9.17, 15) is 0 Å². The van der Waals surface area contributed by atoms with E-state index in [4.69, 9.17) is 23.2 Å². The van der Waals surface area contributed by atoms with E-state index in [-0.39, 0.29) is 6.00 Å². The zero-order valence-corrected chi connectivity index (χ0v) is 7.31. The highest BCUT2D eigenvalue weighted by Crippen LogP contribution is 2.04. The summed E-state index contributed by atoms with van der Waals surface area (Å²) >= 11 is 11.1. The molecule has 11 heavy (non-hydrogen) atoms. The fourth-order valence-electron chi connectivity index (χ4n) is 0.719. The summed E-state index contributed by atoms with van der Waals surface area (Å²) in [5, 5.41) is 0.459. The molecule has 0 unspecified atom stereocenters. The molecule has 0 amide bonds.